The number of carbonyl (C=O) groups excluding carboxylic acids is 2. The third-order valence-electron chi connectivity index (χ3n) is 4.42. The minimum absolute atomic E-state index is 0.0319. The van der Waals surface area contributed by atoms with Crippen molar-refractivity contribution in [3.63, 3.8) is 0 Å². The van der Waals surface area contributed by atoms with E-state index in [1.807, 2.05) is 0 Å². The van der Waals surface area contributed by atoms with E-state index in [0.717, 1.165) is 37.3 Å². The Morgan fingerprint density at radius 3 is 2.64 bits per heavy atom. The standard InChI is InChI=1S/C15H21N3O3S/c1-10(19)14-16-7-13(22-14)15(21)18-8-11(12(20)9-18)17-5-3-2-4-6-17/h7,11-12,20H,2-6,8-9H2,1H3/t11-,12-/m0/s1. The van der Waals surface area contributed by atoms with Crippen LogP contribution in [0.3, 0.4) is 0 Å². The molecule has 1 aromatic heterocycles. The summed E-state index contributed by atoms with van der Waals surface area (Å²) >= 11 is 1.13. The molecule has 0 unspecified atom stereocenters. The molecule has 22 heavy (non-hydrogen) atoms. The van der Waals surface area contributed by atoms with Gasteiger partial charge in [0.1, 0.15) is 4.88 Å². The zero-order valence-electron chi connectivity index (χ0n) is 12.7. The number of ketones is 1. The maximum atomic E-state index is 12.5. The lowest BCUT2D eigenvalue weighted by Crippen LogP contribution is -2.46. The van der Waals surface area contributed by atoms with Crippen LogP contribution in [0.1, 0.15) is 45.7 Å². The molecule has 0 saturated carbocycles. The lowest BCUT2D eigenvalue weighted by Gasteiger charge is -2.33. The molecule has 0 spiro atoms. The van der Waals surface area contributed by atoms with Gasteiger partial charge >= 0.3 is 0 Å². The molecule has 2 atom stereocenters. The number of rotatable bonds is 3. The molecule has 120 valence electrons. The zero-order chi connectivity index (χ0) is 15.7. The summed E-state index contributed by atoms with van der Waals surface area (Å²) < 4.78 is 0. The second-order valence-electron chi connectivity index (χ2n) is 6.03. The third-order valence-corrected chi connectivity index (χ3v) is 5.51. The van der Waals surface area contributed by atoms with E-state index < -0.39 is 6.10 Å². The first-order valence-electron chi connectivity index (χ1n) is 7.74. The van der Waals surface area contributed by atoms with Gasteiger partial charge in [0.2, 0.25) is 0 Å². The van der Waals surface area contributed by atoms with Gasteiger partial charge in [0, 0.05) is 20.0 Å². The van der Waals surface area contributed by atoms with Crippen molar-refractivity contribution in [3.8, 4) is 0 Å². The SMILES string of the molecule is CC(=O)c1ncc(C(=O)N2C[C@H](O)[C@@H](N3CCCCC3)C2)s1. The number of hydrogen-bond donors (Lipinski definition) is 1. The predicted octanol–water partition coefficient (Wildman–Crippen LogP) is 1.02. The van der Waals surface area contributed by atoms with Crippen LogP contribution >= 0.6 is 11.3 Å². The van der Waals surface area contributed by atoms with Gasteiger partial charge in [0.05, 0.1) is 18.3 Å². The summed E-state index contributed by atoms with van der Waals surface area (Å²) in [7, 11) is 0. The number of β-amino-alcohol motifs (C(OH)–C–C–N with tert-alkyl or cyclic N) is 1. The van der Waals surface area contributed by atoms with E-state index in [4.69, 9.17) is 0 Å². The molecule has 0 radical (unpaired) electrons. The fourth-order valence-corrected chi connectivity index (χ4v) is 4.01. The number of carbonyl (C=O) groups is 2. The number of aromatic nitrogens is 1. The summed E-state index contributed by atoms with van der Waals surface area (Å²) in [6, 6.07) is 0.0319. The minimum Gasteiger partial charge on any atom is -0.390 e. The Kier molecular flexibility index (Phi) is 4.56. The monoisotopic (exact) mass is 323 g/mol. The summed E-state index contributed by atoms with van der Waals surface area (Å²) in [4.78, 5) is 32.2. The minimum atomic E-state index is -0.498. The van der Waals surface area contributed by atoms with Gasteiger partial charge < -0.3 is 10.0 Å². The molecule has 0 aromatic carbocycles. The van der Waals surface area contributed by atoms with Gasteiger partial charge in [-0.25, -0.2) is 4.98 Å². The number of thiazole rings is 1. The quantitative estimate of drug-likeness (QED) is 0.841. The number of amides is 1. The zero-order valence-corrected chi connectivity index (χ0v) is 13.5. The number of Topliss-reactive ketones (excluding diaryl/α,β-unsaturated/α-hetero) is 1. The van der Waals surface area contributed by atoms with Gasteiger partial charge in [-0.2, -0.15) is 0 Å². The van der Waals surface area contributed by atoms with Crippen LogP contribution in [0.5, 0.6) is 0 Å². The topological polar surface area (TPSA) is 73.7 Å². The van der Waals surface area contributed by atoms with Crippen LogP contribution < -0.4 is 0 Å². The average Bonchev–Trinajstić information content (AvgIpc) is 3.14. The molecule has 3 heterocycles. The predicted molar refractivity (Wildman–Crippen MR) is 83.2 cm³/mol. The highest BCUT2D eigenvalue weighted by Gasteiger charge is 2.38. The fraction of sp³-hybridized carbons (Fsp3) is 0.667. The van der Waals surface area contributed by atoms with Crippen LogP contribution in [0.2, 0.25) is 0 Å². The van der Waals surface area contributed by atoms with Gasteiger partial charge in [-0.05, 0) is 25.9 Å². The molecule has 1 aromatic rings. The third kappa shape index (κ3) is 3.06. The lowest BCUT2D eigenvalue weighted by molar-refractivity contribution is 0.0703. The highest BCUT2D eigenvalue weighted by atomic mass is 32.1. The number of aliphatic hydroxyl groups is 1. The first kappa shape index (κ1) is 15.6. The van der Waals surface area contributed by atoms with Gasteiger partial charge in [0.15, 0.2) is 10.8 Å². The van der Waals surface area contributed by atoms with Gasteiger partial charge in [-0.3, -0.25) is 14.5 Å². The van der Waals surface area contributed by atoms with Crippen LogP contribution in [0.4, 0.5) is 0 Å². The Hall–Kier alpha value is -1.31. The van der Waals surface area contributed by atoms with E-state index in [-0.39, 0.29) is 17.7 Å². The average molecular weight is 323 g/mol. The summed E-state index contributed by atoms with van der Waals surface area (Å²) in [5, 5.41) is 10.7. The van der Waals surface area contributed by atoms with Gasteiger partial charge in [0.25, 0.3) is 5.91 Å². The van der Waals surface area contributed by atoms with E-state index in [2.05, 4.69) is 9.88 Å². The van der Waals surface area contributed by atoms with Crippen molar-refractivity contribution in [1.29, 1.82) is 0 Å². The number of piperidine rings is 1. The Labute approximate surface area is 133 Å². The maximum Gasteiger partial charge on any atom is 0.265 e. The van der Waals surface area contributed by atoms with E-state index in [9.17, 15) is 14.7 Å². The summed E-state index contributed by atoms with van der Waals surface area (Å²) in [6.07, 6.45) is 4.53. The normalized spacial score (nSPS) is 26.4. The van der Waals surface area contributed by atoms with E-state index >= 15 is 0 Å². The first-order chi connectivity index (χ1) is 10.6. The van der Waals surface area contributed by atoms with Crippen LogP contribution in [-0.2, 0) is 0 Å². The highest BCUT2D eigenvalue weighted by molar-refractivity contribution is 7.15. The molecule has 0 aliphatic carbocycles. The van der Waals surface area contributed by atoms with Crippen molar-refractivity contribution in [2.45, 2.75) is 38.3 Å². The molecule has 2 aliphatic rings. The Balaban J connectivity index is 1.67. The molecule has 7 heteroatoms. The Morgan fingerprint density at radius 1 is 1.27 bits per heavy atom. The molecule has 2 saturated heterocycles. The second-order valence-corrected chi connectivity index (χ2v) is 7.06. The van der Waals surface area contributed by atoms with Crippen molar-refractivity contribution >= 4 is 23.0 Å². The molecule has 2 fully saturated rings. The van der Waals surface area contributed by atoms with Crippen LogP contribution in [-0.4, -0.2) is 69.9 Å². The van der Waals surface area contributed by atoms with Crippen LogP contribution in [0.15, 0.2) is 6.20 Å². The van der Waals surface area contributed by atoms with Crippen molar-refractivity contribution in [2.75, 3.05) is 26.2 Å². The molecule has 3 rings (SSSR count). The largest absolute Gasteiger partial charge is 0.390 e. The maximum absolute atomic E-state index is 12.5. The van der Waals surface area contributed by atoms with E-state index in [1.54, 1.807) is 4.90 Å². The highest BCUT2D eigenvalue weighted by Crippen LogP contribution is 2.24. The fourth-order valence-electron chi connectivity index (χ4n) is 3.24. The number of likely N-dealkylation sites (tertiary alicyclic amines) is 2. The first-order valence-corrected chi connectivity index (χ1v) is 8.56. The van der Waals surface area contributed by atoms with Crippen molar-refractivity contribution in [3.05, 3.63) is 16.1 Å². The molecule has 6 nitrogen and oxygen atoms in total. The van der Waals surface area contributed by atoms with Crippen molar-refractivity contribution in [2.24, 2.45) is 0 Å². The van der Waals surface area contributed by atoms with Crippen molar-refractivity contribution < 1.29 is 14.7 Å². The smallest absolute Gasteiger partial charge is 0.265 e. The van der Waals surface area contributed by atoms with E-state index in [0.29, 0.717) is 23.0 Å². The van der Waals surface area contributed by atoms with Crippen molar-refractivity contribution in [1.82, 2.24) is 14.8 Å². The second kappa shape index (κ2) is 6.44. The Bertz CT molecular complexity index is 568. The van der Waals surface area contributed by atoms with Gasteiger partial charge in [-0.15, -0.1) is 11.3 Å². The van der Waals surface area contributed by atoms with Gasteiger partial charge in [-0.1, -0.05) is 6.42 Å². The van der Waals surface area contributed by atoms with E-state index in [1.165, 1.54) is 19.5 Å². The Morgan fingerprint density at radius 2 is 2.00 bits per heavy atom. The number of nitrogens with zero attached hydrogens (tertiary/aromatic N) is 3. The lowest BCUT2D eigenvalue weighted by atomic mass is 10.1. The number of hydrogen-bond acceptors (Lipinski definition) is 6. The van der Waals surface area contributed by atoms with Crippen LogP contribution in [0, 0.1) is 0 Å². The summed E-state index contributed by atoms with van der Waals surface area (Å²) in [5.74, 6) is -0.264. The molecule has 2 aliphatic heterocycles. The summed E-state index contributed by atoms with van der Waals surface area (Å²) in [5.41, 5.74) is 0. The molecular formula is C15H21N3O3S. The number of aliphatic hydroxyl groups excluding tert-OH is 1. The summed E-state index contributed by atoms with van der Waals surface area (Å²) in [6.45, 7) is 4.34. The molecule has 1 N–H and O–H groups in total. The van der Waals surface area contributed by atoms with Crippen LogP contribution in [0.25, 0.3) is 0 Å². The molecular weight excluding hydrogens is 302 g/mol. The molecule has 1 amide bonds. The molecule has 0 bridgehead atoms.